The van der Waals surface area contributed by atoms with Gasteiger partial charge in [-0.25, -0.2) is 4.79 Å². The Bertz CT molecular complexity index is 1220. The Morgan fingerprint density at radius 3 is 2.17 bits per heavy atom. The topological polar surface area (TPSA) is 70.4 Å². The Labute approximate surface area is 166 Å². The first kappa shape index (κ1) is 18.4. The Hall–Kier alpha value is -3.93. The summed E-state index contributed by atoms with van der Waals surface area (Å²) in [5.74, 6) is 0.408. The van der Waals surface area contributed by atoms with E-state index in [9.17, 15) is 9.59 Å². The number of rotatable bonds is 5. The van der Waals surface area contributed by atoms with Crippen molar-refractivity contribution in [3.05, 3.63) is 94.9 Å². The van der Waals surface area contributed by atoms with Crippen LogP contribution < -0.4 is 15.0 Å². The Morgan fingerprint density at radius 2 is 1.48 bits per heavy atom. The molecule has 0 aliphatic carbocycles. The maximum Gasteiger partial charge on any atom is 0.364 e. The molecule has 1 heterocycles. The highest BCUT2D eigenvalue weighted by Gasteiger charge is 2.19. The van der Waals surface area contributed by atoms with Gasteiger partial charge in [-0.1, -0.05) is 36.4 Å². The molecule has 1 aromatic heterocycles. The minimum Gasteiger partial charge on any atom is -0.494 e. The zero-order chi connectivity index (χ0) is 20.2. The van der Waals surface area contributed by atoms with E-state index in [-0.39, 0.29) is 11.3 Å². The summed E-state index contributed by atoms with van der Waals surface area (Å²) in [5.41, 5.74) is 0.334. The van der Waals surface area contributed by atoms with E-state index in [2.05, 4.69) is 5.10 Å². The van der Waals surface area contributed by atoms with Crippen LogP contribution in [-0.4, -0.2) is 22.4 Å². The van der Waals surface area contributed by atoms with Crippen molar-refractivity contribution in [2.24, 2.45) is 0 Å². The van der Waals surface area contributed by atoms with E-state index in [1.165, 1.54) is 4.68 Å². The van der Waals surface area contributed by atoms with E-state index < -0.39 is 5.97 Å². The molecule has 29 heavy (non-hydrogen) atoms. The summed E-state index contributed by atoms with van der Waals surface area (Å²) in [6.45, 7) is 2.45. The molecule has 0 saturated carbocycles. The molecule has 0 unspecified atom stereocenters. The van der Waals surface area contributed by atoms with E-state index in [1.54, 1.807) is 72.8 Å². The minimum absolute atomic E-state index is 0.0675. The first-order valence-electron chi connectivity index (χ1n) is 9.20. The van der Waals surface area contributed by atoms with Crippen molar-refractivity contribution < 1.29 is 14.3 Å². The number of esters is 1. The first-order chi connectivity index (χ1) is 14.2. The molecule has 0 fully saturated rings. The molecule has 0 spiro atoms. The minimum atomic E-state index is -0.643. The predicted molar refractivity (Wildman–Crippen MR) is 110 cm³/mol. The molecule has 0 aliphatic rings. The van der Waals surface area contributed by atoms with Gasteiger partial charge in [-0.3, -0.25) is 4.79 Å². The highest BCUT2D eigenvalue weighted by atomic mass is 16.5. The average molecular weight is 386 g/mol. The van der Waals surface area contributed by atoms with Crippen LogP contribution in [0.15, 0.2) is 83.7 Å². The molecular weight excluding hydrogens is 368 g/mol. The summed E-state index contributed by atoms with van der Waals surface area (Å²) < 4.78 is 12.1. The second-order valence-electron chi connectivity index (χ2n) is 6.24. The van der Waals surface area contributed by atoms with E-state index in [0.717, 1.165) is 0 Å². The van der Waals surface area contributed by atoms with Crippen molar-refractivity contribution in [3.8, 4) is 17.2 Å². The molecular formula is C23H18N2O4. The summed E-state index contributed by atoms with van der Waals surface area (Å²) in [6.07, 6.45) is 0. The number of hydrogen-bond acceptors (Lipinski definition) is 5. The summed E-state index contributed by atoms with van der Waals surface area (Å²) in [7, 11) is 0. The van der Waals surface area contributed by atoms with Crippen molar-refractivity contribution in [1.29, 1.82) is 0 Å². The van der Waals surface area contributed by atoms with Gasteiger partial charge >= 0.3 is 5.97 Å². The molecule has 4 rings (SSSR count). The Balaban J connectivity index is 1.77. The smallest absolute Gasteiger partial charge is 0.364 e. The molecule has 0 radical (unpaired) electrons. The van der Waals surface area contributed by atoms with E-state index >= 15 is 0 Å². The highest BCUT2D eigenvalue weighted by molar-refractivity contribution is 6.03. The van der Waals surface area contributed by atoms with Crippen LogP contribution in [-0.2, 0) is 0 Å². The zero-order valence-electron chi connectivity index (χ0n) is 15.7. The average Bonchev–Trinajstić information content (AvgIpc) is 2.76. The lowest BCUT2D eigenvalue weighted by atomic mass is 10.1. The summed E-state index contributed by atoms with van der Waals surface area (Å²) in [5, 5.41) is 5.16. The number of nitrogens with zero attached hydrogens (tertiary/aromatic N) is 2. The van der Waals surface area contributed by atoms with Crippen LogP contribution in [0.1, 0.15) is 17.4 Å². The molecule has 0 aliphatic heterocycles. The molecule has 4 aromatic rings. The molecule has 0 amide bonds. The normalized spacial score (nSPS) is 10.7. The number of ether oxygens (including phenoxy) is 2. The van der Waals surface area contributed by atoms with Crippen molar-refractivity contribution >= 4 is 16.7 Å². The number of hydrogen-bond donors (Lipinski definition) is 0. The lowest BCUT2D eigenvalue weighted by Gasteiger charge is -2.11. The van der Waals surface area contributed by atoms with Crippen molar-refractivity contribution in [2.45, 2.75) is 6.92 Å². The van der Waals surface area contributed by atoms with Crippen LogP contribution in [0.3, 0.4) is 0 Å². The fourth-order valence-corrected chi connectivity index (χ4v) is 3.01. The molecule has 0 saturated heterocycles. The van der Waals surface area contributed by atoms with Crippen molar-refractivity contribution in [3.63, 3.8) is 0 Å². The van der Waals surface area contributed by atoms with Crippen molar-refractivity contribution in [1.82, 2.24) is 9.78 Å². The van der Waals surface area contributed by atoms with Gasteiger partial charge in [0.05, 0.1) is 17.7 Å². The van der Waals surface area contributed by atoms with Gasteiger partial charge in [0.15, 0.2) is 5.69 Å². The van der Waals surface area contributed by atoms with E-state index in [4.69, 9.17) is 9.47 Å². The van der Waals surface area contributed by atoms with Gasteiger partial charge < -0.3 is 9.47 Å². The van der Waals surface area contributed by atoms with Gasteiger partial charge in [0.25, 0.3) is 5.56 Å². The lowest BCUT2D eigenvalue weighted by Crippen LogP contribution is -2.25. The third-order valence-corrected chi connectivity index (χ3v) is 4.34. The molecule has 6 nitrogen and oxygen atoms in total. The van der Waals surface area contributed by atoms with E-state index in [1.807, 2.05) is 13.0 Å². The predicted octanol–water partition coefficient (Wildman–Crippen LogP) is 4.00. The third-order valence-electron chi connectivity index (χ3n) is 4.34. The molecule has 6 heteroatoms. The quantitative estimate of drug-likeness (QED) is 0.383. The molecule has 0 N–H and O–H groups in total. The SMILES string of the molecule is CCOc1ccc(OC(=O)c2nn(-c3ccccc3)c(=O)c3ccccc23)cc1. The fraction of sp³-hybridized carbons (Fsp3) is 0.0870. The van der Waals surface area contributed by atoms with Gasteiger partial charge in [-0.05, 0) is 49.4 Å². The Morgan fingerprint density at radius 1 is 0.862 bits per heavy atom. The number of carbonyl (C=O) groups excluding carboxylic acids is 1. The van der Waals surface area contributed by atoms with Crippen LogP contribution in [0, 0.1) is 0 Å². The van der Waals surface area contributed by atoms with Crippen molar-refractivity contribution in [2.75, 3.05) is 6.61 Å². The number of aromatic nitrogens is 2. The second kappa shape index (κ2) is 7.98. The standard InChI is InChI=1S/C23H18N2O4/c1-2-28-17-12-14-18(15-13-17)29-23(27)21-19-10-6-7-11-20(19)22(26)25(24-21)16-8-4-3-5-9-16/h3-15H,2H2,1H3. The number of para-hydroxylation sites is 1. The number of carbonyl (C=O) groups is 1. The Kier molecular flexibility index (Phi) is 5.07. The maximum absolute atomic E-state index is 12.9. The van der Waals surface area contributed by atoms with Crippen LogP contribution in [0.25, 0.3) is 16.5 Å². The van der Waals surface area contributed by atoms with Gasteiger partial charge in [0.1, 0.15) is 11.5 Å². The fourth-order valence-electron chi connectivity index (χ4n) is 3.01. The van der Waals surface area contributed by atoms with Gasteiger partial charge in [-0.2, -0.15) is 9.78 Å². The summed E-state index contributed by atoms with van der Waals surface area (Å²) >= 11 is 0. The van der Waals surface area contributed by atoms with Crippen LogP contribution in [0.5, 0.6) is 11.5 Å². The van der Waals surface area contributed by atoms with E-state index in [0.29, 0.717) is 34.6 Å². The number of fused-ring (bicyclic) bond motifs is 1. The lowest BCUT2D eigenvalue weighted by molar-refractivity contribution is 0.0728. The summed E-state index contributed by atoms with van der Waals surface area (Å²) in [6, 6.07) is 22.6. The van der Waals surface area contributed by atoms with Crippen LogP contribution in [0.2, 0.25) is 0 Å². The van der Waals surface area contributed by atoms with Gasteiger partial charge in [0.2, 0.25) is 0 Å². The third kappa shape index (κ3) is 3.73. The maximum atomic E-state index is 12.9. The number of benzene rings is 3. The van der Waals surface area contributed by atoms with Gasteiger partial charge in [0, 0.05) is 5.39 Å². The summed E-state index contributed by atoms with van der Waals surface area (Å²) in [4.78, 5) is 25.8. The first-order valence-corrected chi connectivity index (χ1v) is 9.20. The van der Waals surface area contributed by atoms with Crippen LogP contribution >= 0.6 is 0 Å². The molecule has 144 valence electrons. The molecule has 0 bridgehead atoms. The largest absolute Gasteiger partial charge is 0.494 e. The van der Waals surface area contributed by atoms with Crippen LogP contribution in [0.4, 0.5) is 0 Å². The second-order valence-corrected chi connectivity index (χ2v) is 6.24. The highest BCUT2D eigenvalue weighted by Crippen LogP contribution is 2.21. The molecule has 0 atom stereocenters. The zero-order valence-corrected chi connectivity index (χ0v) is 15.7. The molecule has 3 aromatic carbocycles. The monoisotopic (exact) mass is 386 g/mol. The van der Waals surface area contributed by atoms with Gasteiger partial charge in [-0.15, -0.1) is 0 Å².